The van der Waals surface area contributed by atoms with Crippen LogP contribution in [0.5, 0.6) is 11.5 Å². The highest BCUT2D eigenvalue weighted by Gasteiger charge is 2.40. The van der Waals surface area contributed by atoms with Crippen LogP contribution < -0.4 is 15.2 Å². The predicted octanol–water partition coefficient (Wildman–Crippen LogP) is 2.91. The summed E-state index contributed by atoms with van der Waals surface area (Å²) < 4.78 is 38.2. The van der Waals surface area contributed by atoms with Crippen molar-refractivity contribution in [1.29, 1.82) is 0 Å². The fraction of sp³-hybridized carbons (Fsp3) is 0.571. The van der Waals surface area contributed by atoms with Crippen LogP contribution in [0.4, 0.5) is 8.78 Å². The Labute approximate surface area is 110 Å². The van der Waals surface area contributed by atoms with E-state index in [9.17, 15) is 8.78 Å². The predicted molar refractivity (Wildman–Crippen MR) is 66.7 cm³/mol. The van der Waals surface area contributed by atoms with Crippen LogP contribution in [0.1, 0.15) is 37.3 Å². The molecule has 0 saturated heterocycles. The molecular weight excluding hydrogens is 252 g/mol. The SMILES string of the molecule is CC(F)(F)c1cc2c(c(C3(N)CCC3)c1)OCCO2. The Hall–Kier alpha value is -1.36. The zero-order valence-electron chi connectivity index (χ0n) is 10.8. The molecule has 0 bridgehead atoms. The van der Waals surface area contributed by atoms with Gasteiger partial charge in [0.15, 0.2) is 11.5 Å². The quantitative estimate of drug-likeness (QED) is 0.897. The van der Waals surface area contributed by atoms with Crippen molar-refractivity contribution in [3.05, 3.63) is 23.3 Å². The summed E-state index contributed by atoms with van der Waals surface area (Å²) in [6.45, 7) is 1.69. The number of ether oxygens (including phenoxy) is 2. The lowest BCUT2D eigenvalue weighted by molar-refractivity contribution is 0.0165. The maximum atomic E-state index is 13.6. The summed E-state index contributed by atoms with van der Waals surface area (Å²) in [6.07, 6.45) is 2.60. The summed E-state index contributed by atoms with van der Waals surface area (Å²) >= 11 is 0. The molecule has 0 spiro atoms. The largest absolute Gasteiger partial charge is 0.486 e. The van der Waals surface area contributed by atoms with Crippen molar-refractivity contribution < 1.29 is 18.3 Å². The second-order valence-electron chi connectivity index (χ2n) is 5.45. The fourth-order valence-corrected chi connectivity index (χ4v) is 2.60. The van der Waals surface area contributed by atoms with Crippen LogP contribution in [0.3, 0.4) is 0 Å². The van der Waals surface area contributed by atoms with Crippen molar-refractivity contribution in [2.24, 2.45) is 5.73 Å². The van der Waals surface area contributed by atoms with Crippen LogP contribution in [0.2, 0.25) is 0 Å². The molecule has 0 aromatic heterocycles. The van der Waals surface area contributed by atoms with Gasteiger partial charge in [0, 0.05) is 23.6 Å². The van der Waals surface area contributed by atoms with Crippen LogP contribution in [-0.2, 0) is 11.5 Å². The smallest absolute Gasteiger partial charge is 0.270 e. The van der Waals surface area contributed by atoms with E-state index in [2.05, 4.69) is 0 Å². The molecule has 104 valence electrons. The number of benzene rings is 1. The molecule has 0 atom stereocenters. The van der Waals surface area contributed by atoms with Crippen LogP contribution >= 0.6 is 0 Å². The first-order chi connectivity index (χ1) is 8.90. The third-order valence-electron chi connectivity index (χ3n) is 3.93. The van der Waals surface area contributed by atoms with E-state index in [0.29, 0.717) is 30.3 Å². The Morgan fingerprint density at radius 2 is 1.89 bits per heavy atom. The fourth-order valence-electron chi connectivity index (χ4n) is 2.60. The van der Waals surface area contributed by atoms with Gasteiger partial charge in [-0.3, -0.25) is 0 Å². The van der Waals surface area contributed by atoms with Crippen LogP contribution in [0.25, 0.3) is 0 Å². The van der Waals surface area contributed by atoms with Crippen molar-refractivity contribution in [2.75, 3.05) is 13.2 Å². The average Bonchev–Trinajstić information content (AvgIpc) is 2.33. The molecule has 0 amide bonds. The van der Waals surface area contributed by atoms with Gasteiger partial charge in [0.2, 0.25) is 0 Å². The van der Waals surface area contributed by atoms with Crippen LogP contribution in [0, 0.1) is 0 Å². The van der Waals surface area contributed by atoms with Crippen molar-refractivity contribution in [3.8, 4) is 11.5 Å². The highest BCUT2D eigenvalue weighted by molar-refractivity contribution is 5.54. The Morgan fingerprint density at radius 1 is 1.21 bits per heavy atom. The highest BCUT2D eigenvalue weighted by atomic mass is 19.3. The second kappa shape index (κ2) is 4.07. The Morgan fingerprint density at radius 3 is 2.47 bits per heavy atom. The lowest BCUT2D eigenvalue weighted by atomic mass is 9.72. The molecule has 0 radical (unpaired) electrons. The molecule has 1 aliphatic heterocycles. The van der Waals surface area contributed by atoms with E-state index in [1.165, 1.54) is 12.1 Å². The van der Waals surface area contributed by atoms with E-state index in [1.54, 1.807) is 0 Å². The molecule has 19 heavy (non-hydrogen) atoms. The van der Waals surface area contributed by atoms with Gasteiger partial charge in [-0.15, -0.1) is 0 Å². The van der Waals surface area contributed by atoms with Gasteiger partial charge in [-0.1, -0.05) is 0 Å². The van der Waals surface area contributed by atoms with E-state index in [0.717, 1.165) is 26.2 Å². The Bertz CT molecular complexity index is 507. The van der Waals surface area contributed by atoms with Gasteiger partial charge in [0.25, 0.3) is 5.92 Å². The third-order valence-corrected chi connectivity index (χ3v) is 3.93. The molecule has 2 aliphatic rings. The summed E-state index contributed by atoms with van der Waals surface area (Å²) in [5.74, 6) is -1.98. The molecule has 2 N–H and O–H groups in total. The molecule has 1 aliphatic carbocycles. The van der Waals surface area contributed by atoms with Crippen molar-refractivity contribution in [2.45, 2.75) is 37.6 Å². The number of halogens is 2. The lowest BCUT2D eigenvalue weighted by Gasteiger charge is -2.40. The number of hydrogen-bond acceptors (Lipinski definition) is 3. The van der Waals surface area contributed by atoms with Gasteiger partial charge < -0.3 is 15.2 Å². The molecule has 0 unspecified atom stereocenters. The van der Waals surface area contributed by atoms with Crippen molar-refractivity contribution in [3.63, 3.8) is 0 Å². The molecular formula is C14H17F2NO2. The molecule has 1 aromatic rings. The Kier molecular flexibility index (Phi) is 2.71. The minimum atomic E-state index is -2.91. The average molecular weight is 269 g/mol. The molecule has 1 aromatic carbocycles. The minimum Gasteiger partial charge on any atom is -0.486 e. The molecule has 5 heteroatoms. The summed E-state index contributed by atoms with van der Waals surface area (Å²) in [5, 5.41) is 0. The first-order valence-electron chi connectivity index (χ1n) is 6.51. The van der Waals surface area contributed by atoms with E-state index in [1.807, 2.05) is 0 Å². The van der Waals surface area contributed by atoms with Gasteiger partial charge in [-0.05, 0) is 31.4 Å². The Balaban J connectivity index is 2.15. The molecule has 3 nitrogen and oxygen atoms in total. The number of nitrogens with two attached hydrogens (primary N) is 1. The van der Waals surface area contributed by atoms with Crippen LogP contribution in [0.15, 0.2) is 12.1 Å². The molecule has 1 heterocycles. The van der Waals surface area contributed by atoms with E-state index >= 15 is 0 Å². The van der Waals surface area contributed by atoms with E-state index in [4.69, 9.17) is 15.2 Å². The molecule has 1 saturated carbocycles. The van der Waals surface area contributed by atoms with E-state index < -0.39 is 11.5 Å². The zero-order chi connectivity index (χ0) is 13.7. The van der Waals surface area contributed by atoms with Gasteiger partial charge in [0.1, 0.15) is 13.2 Å². The summed E-state index contributed by atoms with van der Waals surface area (Å²) in [7, 11) is 0. The van der Waals surface area contributed by atoms with Gasteiger partial charge in [-0.25, -0.2) is 8.78 Å². The summed E-state index contributed by atoms with van der Waals surface area (Å²) in [5.41, 5.74) is 6.32. The third kappa shape index (κ3) is 2.06. The molecule has 1 fully saturated rings. The number of rotatable bonds is 2. The highest BCUT2D eigenvalue weighted by Crippen LogP contribution is 2.49. The second-order valence-corrected chi connectivity index (χ2v) is 5.45. The summed E-state index contributed by atoms with van der Waals surface area (Å²) in [4.78, 5) is 0. The summed E-state index contributed by atoms with van der Waals surface area (Å²) in [6, 6.07) is 2.84. The standard InChI is InChI=1S/C14H17F2NO2/c1-13(15,16)9-7-10(14(17)3-2-4-14)12-11(8-9)18-5-6-19-12/h7-8H,2-6,17H2,1H3. The first-order valence-corrected chi connectivity index (χ1v) is 6.51. The van der Waals surface area contributed by atoms with Crippen LogP contribution in [-0.4, -0.2) is 13.2 Å². The van der Waals surface area contributed by atoms with Crippen molar-refractivity contribution in [1.82, 2.24) is 0 Å². The van der Waals surface area contributed by atoms with E-state index in [-0.39, 0.29) is 5.56 Å². The normalized spacial score (nSPS) is 20.8. The maximum Gasteiger partial charge on any atom is 0.270 e. The van der Waals surface area contributed by atoms with Gasteiger partial charge in [-0.2, -0.15) is 0 Å². The van der Waals surface area contributed by atoms with Gasteiger partial charge in [0.05, 0.1) is 0 Å². The number of hydrogen-bond donors (Lipinski definition) is 1. The number of fused-ring (bicyclic) bond motifs is 1. The zero-order valence-corrected chi connectivity index (χ0v) is 10.8. The minimum absolute atomic E-state index is 0.0662. The monoisotopic (exact) mass is 269 g/mol. The first kappa shape index (κ1) is 12.7. The topological polar surface area (TPSA) is 44.5 Å². The van der Waals surface area contributed by atoms with Crippen molar-refractivity contribution >= 4 is 0 Å². The number of alkyl halides is 2. The lowest BCUT2D eigenvalue weighted by Crippen LogP contribution is -2.44. The van der Waals surface area contributed by atoms with Gasteiger partial charge >= 0.3 is 0 Å². The maximum absolute atomic E-state index is 13.6. The molecule has 3 rings (SSSR count).